The van der Waals surface area contributed by atoms with E-state index in [1.54, 1.807) is 26.0 Å². The molecule has 25 heavy (non-hydrogen) atoms. The van der Waals surface area contributed by atoms with E-state index in [0.29, 0.717) is 27.7 Å². The number of urea groups is 1. The van der Waals surface area contributed by atoms with Crippen LogP contribution in [0.5, 0.6) is 11.5 Å². The lowest BCUT2D eigenvalue weighted by Crippen LogP contribution is -2.45. The van der Waals surface area contributed by atoms with Crippen LogP contribution in [0.4, 0.5) is 4.79 Å². The molecule has 0 spiro atoms. The number of ether oxygens (including phenoxy) is 2. The van der Waals surface area contributed by atoms with Crippen molar-refractivity contribution in [3.63, 3.8) is 0 Å². The summed E-state index contributed by atoms with van der Waals surface area (Å²) < 4.78 is 11.0. The van der Waals surface area contributed by atoms with Gasteiger partial charge in [0.2, 0.25) is 0 Å². The number of phenolic OH excluding ortho intramolecular Hbond substituents is 1. The maximum Gasteiger partial charge on any atom is 0.338 e. The highest BCUT2D eigenvalue weighted by Crippen LogP contribution is 2.39. The Morgan fingerprint density at radius 3 is 2.72 bits per heavy atom. The minimum atomic E-state index is -0.726. The Bertz CT molecular complexity index is 732. The van der Waals surface area contributed by atoms with E-state index in [0.717, 1.165) is 0 Å². The zero-order valence-electron chi connectivity index (χ0n) is 14.5. The molecule has 2 atom stereocenters. The molecular formula is C17H21BrN2O5. The molecule has 2 amide bonds. The summed E-state index contributed by atoms with van der Waals surface area (Å²) >= 11 is 3.25. The van der Waals surface area contributed by atoms with Gasteiger partial charge in [-0.3, -0.25) is 0 Å². The van der Waals surface area contributed by atoms with Gasteiger partial charge in [-0.25, -0.2) is 9.59 Å². The van der Waals surface area contributed by atoms with E-state index in [2.05, 4.69) is 26.6 Å². The SMILES string of the molecule is CC[C@H](C)OC(=O)C1=C(C)NC(=O)N[C@H]1c1cc(Br)c(O)c(OC)c1. The van der Waals surface area contributed by atoms with Crippen LogP contribution in [0, 0.1) is 0 Å². The number of allylic oxidation sites excluding steroid dienone is 1. The van der Waals surface area contributed by atoms with Crippen LogP contribution < -0.4 is 15.4 Å². The first-order valence-electron chi connectivity index (χ1n) is 7.84. The van der Waals surface area contributed by atoms with Gasteiger partial charge in [0.15, 0.2) is 11.5 Å². The minimum Gasteiger partial charge on any atom is -0.503 e. The molecule has 0 aliphatic carbocycles. The molecule has 0 fully saturated rings. The molecular weight excluding hydrogens is 392 g/mol. The molecule has 0 radical (unpaired) electrons. The summed E-state index contributed by atoms with van der Waals surface area (Å²) in [5.41, 5.74) is 1.30. The number of amides is 2. The van der Waals surface area contributed by atoms with Crippen molar-refractivity contribution in [2.45, 2.75) is 39.3 Å². The van der Waals surface area contributed by atoms with E-state index < -0.39 is 18.0 Å². The highest BCUT2D eigenvalue weighted by atomic mass is 79.9. The number of carbonyl (C=O) groups excluding carboxylic acids is 2. The number of rotatable bonds is 5. The molecule has 3 N–H and O–H groups in total. The number of hydrogen-bond acceptors (Lipinski definition) is 5. The van der Waals surface area contributed by atoms with Crippen molar-refractivity contribution in [3.8, 4) is 11.5 Å². The van der Waals surface area contributed by atoms with Gasteiger partial charge in [-0.2, -0.15) is 0 Å². The zero-order valence-corrected chi connectivity index (χ0v) is 16.1. The number of hydrogen-bond donors (Lipinski definition) is 3. The van der Waals surface area contributed by atoms with E-state index in [4.69, 9.17) is 9.47 Å². The number of phenols is 1. The van der Waals surface area contributed by atoms with Gasteiger partial charge >= 0.3 is 12.0 Å². The molecule has 2 rings (SSSR count). The maximum atomic E-state index is 12.6. The molecule has 1 aliphatic rings. The largest absolute Gasteiger partial charge is 0.503 e. The summed E-state index contributed by atoms with van der Waals surface area (Å²) in [5, 5.41) is 15.3. The van der Waals surface area contributed by atoms with Gasteiger partial charge in [0.05, 0.1) is 29.3 Å². The van der Waals surface area contributed by atoms with Crippen LogP contribution in [0.1, 0.15) is 38.8 Å². The Morgan fingerprint density at radius 2 is 2.12 bits per heavy atom. The van der Waals surface area contributed by atoms with Crippen LogP contribution >= 0.6 is 15.9 Å². The van der Waals surface area contributed by atoms with Gasteiger partial charge < -0.3 is 25.2 Å². The van der Waals surface area contributed by atoms with Gasteiger partial charge in [0.1, 0.15) is 0 Å². The lowest BCUT2D eigenvalue weighted by Gasteiger charge is -2.29. The van der Waals surface area contributed by atoms with Gasteiger partial charge in [0, 0.05) is 5.70 Å². The summed E-state index contributed by atoms with van der Waals surface area (Å²) in [4.78, 5) is 24.5. The molecule has 0 aromatic heterocycles. The smallest absolute Gasteiger partial charge is 0.338 e. The highest BCUT2D eigenvalue weighted by molar-refractivity contribution is 9.10. The van der Waals surface area contributed by atoms with Gasteiger partial charge in [0.25, 0.3) is 0 Å². The Morgan fingerprint density at radius 1 is 1.44 bits per heavy atom. The Labute approximate surface area is 154 Å². The first-order chi connectivity index (χ1) is 11.8. The zero-order chi connectivity index (χ0) is 18.7. The van der Waals surface area contributed by atoms with E-state index in [-0.39, 0.29) is 17.6 Å². The van der Waals surface area contributed by atoms with Crippen LogP contribution in [0.15, 0.2) is 27.9 Å². The Balaban J connectivity index is 2.49. The van der Waals surface area contributed by atoms with Crippen LogP contribution in [0.3, 0.4) is 0 Å². The van der Waals surface area contributed by atoms with Crippen molar-refractivity contribution < 1.29 is 24.2 Å². The van der Waals surface area contributed by atoms with Crippen molar-refractivity contribution in [1.29, 1.82) is 0 Å². The van der Waals surface area contributed by atoms with E-state index >= 15 is 0 Å². The third-order valence-electron chi connectivity index (χ3n) is 3.98. The molecule has 1 aliphatic heterocycles. The molecule has 7 nitrogen and oxygen atoms in total. The first-order valence-corrected chi connectivity index (χ1v) is 8.63. The second kappa shape index (κ2) is 7.77. The fraction of sp³-hybridized carbons (Fsp3) is 0.412. The quantitative estimate of drug-likeness (QED) is 0.645. The summed E-state index contributed by atoms with van der Waals surface area (Å²) in [7, 11) is 1.42. The molecule has 0 unspecified atom stereocenters. The third-order valence-corrected chi connectivity index (χ3v) is 4.58. The fourth-order valence-electron chi connectivity index (χ4n) is 2.46. The molecule has 0 saturated carbocycles. The van der Waals surface area contributed by atoms with Gasteiger partial charge in [-0.1, -0.05) is 6.92 Å². The lowest BCUT2D eigenvalue weighted by molar-refractivity contribution is -0.144. The number of methoxy groups -OCH3 is 1. The highest BCUT2D eigenvalue weighted by Gasteiger charge is 2.33. The Hall–Kier alpha value is -2.22. The number of nitrogens with one attached hydrogen (secondary N) is 2. The summed E-state index contributed by atoms with van der Waals surface area (Å²) in [6.45, 7) is 5.36. The molecule has 0 bridgehead atoms. The molecule has 1 aromatic rings. The fourth-order valence-corrected chi connectivity index (χ4v) is 2.92. The van der Waals surface area contributed by atoms with Gasteiger partial charge in [-0.15, -0.1) is 0 Å². The summed E-state index contributed by atoms with van der Waals surface area (Å²) in [6, 6.07) is 2.04. The normalized spacial score (nSPS) is 18.3. The number of aromatic hydroxyl groups is 1. The molecule has 1 heterocycles. The third kappa shape index (κ3) is 4.07. The summed E-state index contributed by atoms with van der Waals surface area (Å²) in [6.07, 6.45) is 0.438. The van der Waals surface area contributed by atoms with E-state index in [1.165, 1.54) is 7.11 Å². The van der Waals surface area contributed by atoms with Gasteiger partial charge in [-0.05, 0) is 53.9 Å². The van der Waals surface area contributed by atoms with Crippen molar-refractivity contribution in [3.05, 3.63) is 33.4 Å². The van der Waals surface area contributed by atoms with E-state index in [9.17, 15) is 14.7 Å². The van der Waals surface area contributed by atoms with Crippen molar-refractivity contribution in [2.75, 3.05) is 7.11 Å². The molecule has 136 valence electrons. The number of benzene rings is 1. The average molecular weight is 413 g/mol. The number of esters is 1. The standard InChI is InChI=1S/C17H21BrN2O5/c1-5-8(2)25-16(22)13-9(3)19-17(23)20-14(13)10-6-11(18)15(21)12(7-10)24-4/h6-8,14,21H,5H2,1-4H3,(H2,19,20,23)/t8-,14-/m0/s1. The predicted octanol–water partition coefficient (Wildman–Crippen LogP) is 3.13. The summed E-state index contributed by atoms with van der Waals surface area (Å²) in [5.74, 6) is -0.340. The average Bonchev–Trinajstić information content (AvgIpc) is 2.56. The Kier molecular flexibility index (Phi) is 5.94. The number of carbonyl (C=O) groups is 2. The van der Waals surface area contributed by atoms with E-state index in [1.807, 2.05) is 6.92 Å². The number of halogens is 1. The van der Waals surface area contributed by atoms with Crippen LogP contribution in [-0.4, -0.2) is 30.3 Å². The van der Waals surface area contributed by atoms with Crippen molar-refractivity contribution in [2.24, 2.45) is 0 Å². The maximum absolute atomic E-state index is 12.6. The monoisotopic (exact) mass is 412 g/mol. The molecule has 0 saturated heterocycles. The first kappa shape index (κ1) is 19.1. The van der Waals surface area contributed by atoms with Crippen molar-refractivity contribution >= 4 is 27.9 Å². The second-order valence-corrected chi connectivity index (χ2v) is 6.60. The topological polar surface area (TPSA) is 96.9 Å². The molecule has 8 heteroatoms. The van der Waals surface area contributed by atoms with Crippen molar-refractivity contribution in [1.82, 2.24) is 10.6 Å². The van der Waals surface area contributed by atoms with Crippen LogP contribution in [0.2, 0.25) is 0 Å². The van der Waals surface area contributed by atoms with Crippen LogP contribution in [0.25, 0.3) is 0 Å². The lowest BCUT2D eigenvalue weighted by atomic mass is 9.95. The molecule has 1 aromatic carbocycles. The second-order valence-electron chi connectivity index (χ2n) is 5.75. The predicted molar refractivity (Wildman–Crippen MR) is 95.3 cm³/mol. The minimum absolute atomic E-state index is 0.0593. The van der Waals surface area contributed by atoms with Crippen LogP contribution in [-0.2, 0) is 9.53 Å².